The average molecular weight is 376 g/mol. The second-order valence-electron chi connectivity index (χ2n) is 5.01. The third kappa shape index (κ3) is 5.58. The number of halogens is 2. The molecule has 21 heavy (non-hydrogen) atoms. The number of rotatable bonds is 6. The maximum absolute atomic E-state index is 12.1. The molecule has 1 N–H and O–H groups in total. The fraction of sp³-hybridized carbons (Fsp3) is 0.533. The van der Waals surface area contributed by atoms with Gasteiger partial charge in [-0.3, -0.25) is 9.69 Å². The van der Waals surface area contributed by atoms with E-state index in [2.05, 4.69) is 26.1 Å². The van der Waals surface area contributed by atoms with Crippen LogP contribution in [0.1, 0.15) is 5.56 Å². The first-order valence-electron chi connectivity index (χ1n) is 7.12. The third-order valence-electron chi connectivity index (χ3n) is 3.47. The van der Waals surface area contributed by atoms with E-state index >= 15 is 0 Å². The van der Waals surface area contributed by atoms with Gasteiger partial charge in [0.05, 0.1) is 18.0 Å². The van der Waals surface area contributed by atoms with Crippen molar-refractivity contribution >= 4 is 33.4 Å². The van der Waals surface area contributed by atoms with Gasteiger partial charge in [-0.1, -0.05) is 45.7 Å². The molecule has 6 heteroatoms. The zero-order chi connectivity index (χ0) is 15.1. The number of benzene rings is 1. The molecule has 1 unspecified atom stereocenters. The zero-order valence-electron chi connectivity index (χ0n) is 11.9. The lowest BCUT2D eigenvalue weighted by Gasteiger charge is -2.26. The van der Waals surface area contributed by atoms with E-state index in [4.69, 9.17) is 16.3 Å². The monoisotopic (exact) mass is 374 g/mol. The largest absolute Gasteiger partial charge is 0.379 e. The number of nitrogens with one attached hydrogen (secondary N) is 1. The molecule has 0 saturated carbocycles. The Labute approximate surface area is 138 Å². The number of amides is 1. The molecule has 0 radical (unpaired) electrons. The van der Waals surface area contributed by atoms with Crippen LogP contribution in [0.15, 0.2) is 24.3 Å². The van der Waals surface area contributed by atoms with Crippen molar-refractivity contribution in [3.63, 3.8) is 0 Å². The maximum Gasteiger partial charge on any atom is 0.234 e. The summed E-state index contributed by atoms with van der Waals surface area (Å²) in [7, 11) is 0. The topological polar surface area (TPSA) is 41.6 Å². The molecule has 4 nitrogen and oxygen atoms in total. The van der Waals surface area contributed by atoms with Crippen LogP contribution in [0.5, 0.6) is 0 Å². The summed E-state index contributed by atoms with van der Waals surface area (Å²) in [5.74, 6) is 0.00294. The number of morpholine rings is 1. The molecule has 1 amide bonds. The minimum Gasteiger partial charge on any atom is -0.379 e. The molecule has 1 aliphatic rings. The zero-order valence-corrected chi connectivity index (χ0v) is 14.2. The van der Waals surface area contributed by atoms with Gasteiger partial charge in [-0.2, -0.15) is 0 Å². The van der Waals surface area contributed by atoms with Crippen molar-refractivity contribution in [1.29, 1.82) is 0 Å². The number of ether oxygens (including phenoxy) is 1. The van der Waals surface area contributed by atoms with Crippen molar-refractivity contribution in [2.24, 2.45) is 0 Å². The number of hydrogen-bond acceptors (Lipinski definition) is 3. The van der Waals surface area contributed by atoms with Gasteiger partial charge in [0, 0.05) is 31.2 Å². The van der Waals surface area contributed by atoms with Gasteiger partial charge in [-0.15, -0.1) is 0 Å². The number of carbonyl (C=O) groups excluding carboxylic acids is 1. The highest BCUT2D eigenvalue weighted by atomic mass is 79.9. The predicted molar refractivity (Wildman–Crippen MR) is 88.1 cm³/mol. The fourth-order valence-corrected chi connectivity index (χ4v) is 2.95. The molecule has 0 aromatic heterocycles. The number of carbonyl (C=O) groups is 1. The first kappa shape index (κ1) is 16.7. The molecule has 1 fully saturated rings. The van der Waals surface area contributed by atoms with Crippen LogP contribution in [0.2, 0.25) is 5.02 Å². The highest BCUT2D eigenvalue weighted by Crippen LogP contribution is 2.19. The quantitative estimate of drug-likeness (QED) is 0.774. The SMILES string of the molecule is O=C(NCCN1CCOCC1)C(Br)Cc1ccccc1Cl. The molecule has 1 aromatic carbocycles. The van der Waals surface area contributed by atoms with Gasteiger partial charge >= 0.3 is 0 Å². The van der Waals surface area contributed by atoms with Gasteiger partial charge < -0.3 is 10.1 Å². The Balaban J connectivity index is 1.71. The van der Waals surface area contributed by atoms with E-state index in [1.807, 2.05) is 24.3 Å². The lowest BCUT2D eigenvalue weighted by molar-refractivity contribution is -0.120. The van der Waals surface area contributed by atoms with E-state index in [0.29, 0.717) is 18.0 Å². The summed E-state index contributed by atoms with van der Waals surface area (Å²) >= 11 is 9.54. The minimum atomic E-state index is -0.262. The Morgan fingerprint density at radius 3 is 2.81 bits per heavy atom. The second-order valence-corrected chi connectivity index (χ2v) is 6.52. The van der Waals surface area contributed by atoms with Crippen molar-refractivity contribution in [2.45, 2.75) is 11.2 Å². The summed E-state index contributed by atoms with van der Waals surface area (Å²) in [5.41, 5.74) is 0.976. The lowest BCUT2D eigenvalue weighted by Crippen LogP contribution is -2.42. The van der Waals surface area contributed by atoms with Gasteiger partial charge in [0.2, 0.25) is 5.91 Å². The number of alkyl halides is 1. The Bertz CT molecular complexity index is 467. The molecule has 1 saturated heterocycles. The van der Waals surface area contributed by atoms with E-state index in [1.165, 1.54) is 0 Å². The van der Waals surface area contributed by atoms with Crippen molar-refractivity contribution in [1.82, 2.24) is 10.2 Å². The van der Waals surface area contributed by atoms with E-state index in [9.17, 15) is 4.79 Å². The van der Waals surface area contributed by atoms with E-state index in [0.717, 1.165) is 38.4 Å². The third-order valence-corrected chi connectivity index (χ3v) is 4.58. The highest BCUT2D eigenvalue weighted by Gasteiger charge is 2.17. The van der Waals surface area contributed by atoms with Crippen LogP contribution < -0.4 is 5.32 Å². The Kier molecular flexibility index (Phi) is 6.96. The number of nitrogens with zero attached hydrogens (tertiary/aromatic N) is 1. The van der Waals surface area contributed by atoms with Gasteiger partial charge in [0.1, 0.15) is 0 Å². The van der Waals surface area contributed by atoms with Gasteiger partial charge in [0.25, 0.3) is 0 Å². The molecular formula is C15H20BrClN2O2. The van der Waals surface area contributed by atoms with Crippen LogP contribution in [-0.2, 0) is 16.0 Å². The maximum atomic E-state index is 12.1. The van der Waals surface area contributed by atoms with E-state index < -0.39 is 0 Å². The van der Waals surface area contributed by atoms with Crippen LogP contribution in [0.4, 0.5) is 0 Å². The van der Waals surface area contributed by atoms with Crippen molar-refractivity contribution in [3.8, 4) is 0 Å². The summed E-state index contributed by atoms with van der Waals surface area (Å²) in [4.78, 5) is 14.1. The van der Waals surface area contributed by atoms with Crippen LogP contribution in [0.3, 0.4) is 0 Å². The average Bonchev–Trinajstić information content (AvgIpc) is 2.50. The normalized spacial score (nSPS) is 17.4. The summed E-state index contributed by atoms with van der Waals surface area (Å²) in [5, 5.41) is 3.66. The molecule has 0 aliphatic carbocycles. The summed E-state index contributed by atoms with van der Waals surface area (Å²) in [6, 6.07) is 7.60. The summed E-state index contributed by atoms with van der Waals surface area (Å²) in [6.07, 6.45) is 0.586. The molecule has 116 valence electrons. The Hall–Kier alpha value is -0.620. The summed E-state index contributed by atoms with van der Waals surface area (Å²) < 4.78 is 5.29. The first-order chi connectivity index (χ1) is 10.2. The van der Waals surface area contributed by atoms with Crippen molar-refractivity contribution in [3.05, 3.63) is 34.9 Å². The standard InChI is InChI=1S/C15H20BrClN2O2/c16-13(11-12-3-1-2-4-14(12)17)15(20)18-5-6-19-7-9-21-10-8-19/h1-4,13H,5-11H2,(H,18,20). The van der Waals surface area contributed by atoms with Gasteiger partial charge in [-0.05, 0) is 18.1 Å². The molecule has 1 aliphatic heterocycles. The second kappa shape index (κ2) is 8.73. The highest BCUT2D eigenvalue weighted by molar-refractivity contribution is 9.10. The molecule has 1 heterocycles. The minimum absolute atomic E-state index is 0.00294. The fourth-order valence-electron chi connectivity index (χ4n) is 2.22. The Morgan fingerprint density at radius 2 is 2.10 bits per heavy atom. The van der Waals surface area contributed by atoms with Crippen molar-refractivity contribution < 1.29 is 9.53 Å². The van der Waals surface area contributed by atoms with E-state index in [1.54, 1.807) is 0 Å². The lowest BCUT2D eigenvalue weighted by atomic mass is 10.1. The van der Waals surface area contributed by atoms with Crippen LogP contribution in [0, 0.1) is 0 Å². The van der Waals surface area contributed by atoms with Crippen molar-refractivity contribution in [2.75, 3.05) is 39.4 Å². The molecule has 0 bridgehead atoms. The molecular weight excluding hydrogens is 356 g/mol. The van der Waals surface area contributed by atoms with Crippen LogP contribution in [0.25, 0.3) is 0 Å². The van der Waals surface area contributed by atoms with Gasteiger partial charge in [0.15, 0.2) is 0 Å². The molecule has 0 spiro atoms. The molecule has 2 rings (SSSR count). The van der Waals surface area contributed by atoms with E-state index in [-0.39, 0.29) is 10.7 Å². The van der Waals surface area contributed by atoms with Crippen LogP contribution >= 0.6 is 27.5 Å². The van der Waals surface area contributed by atoms with Gasteiger partial charge in [-0.25, -0.2) is 0 Å². The number of hydrogen-bond donors (Lipinski definition) is 1. The molecule has 1 aromatic rings. The summed E-state index contributed by atoms with van der Waals surface area (Å²) in [6.45, 7) is 4.95. The van der Waals surface area contributed by atoms with Crippen LogP contribution in [-0.4, -0.2) is 55.0 Å². The Morgan fingerprint density at radius 1 is 1.38 bits per heavy atom. The first-order valence-corrected chi connectivity index (χ1v) is 8.41. The molecule has 1 atom stereocenters. The predicted octanol–water partition coefficient (Wildman–Crippen LogP) is 2.09. The smallest absolute Gasteiger partial charge is 0.234 e.